The summed E-state index contributed by atoms with van der Waals surface area (Å²) in [5.74, 6) is -1.26. The third-order valence-corrected chi connectivity index (χ3v) is 1.48. The lowest BCUT2D eigenvalue weighted by molar-refractivity contribution is -0.138. The smallest absolute Gasteiger partial charge is 0.321 e. The molecule has 6 nitrogen and oxygen atoms in total. The zero-order chi connectivity index (χ0) is 12.1. The first-order valence-corrected chi connectivity index (χ1v) is 4.72. The van der Waals surface area contributed by atoms with Gasteiger partial charge in [0.2, 0.25) is 5.91 Å². The molecule has 0 aromatic heterocycles. The maximum atomic E-state index is 11.2. The van der Waals surface area contributed by atoms with Gasteiger partial charge in [-0.3, -0.25) is 9.59 Å². The number of carboxylic acids is 1. The van der Waals surface area contributed by atoms with Gasteiger partial charge in [-0.05, 0) is 20.8 Å². The predicted molar refractivity (Wildman–Crippen MR) is 56.4 cm³/mol. The van der Waals surface area contributed by atoms with Gasteiger partial charge in [0.25, 0.3) is 0 Å². The summed E-state index contributed by atoms with van der Waals surface area (Å²) in [7, 11) is 0. The van der Waals surface area contributed by atoms with Crippen molar-refractivity contribution in [1.29, 1.82) is 0 Å². The van der Waals surface area contributed by atoms with E-state index in [4.69, 9.17) is 10.8 Å². The molecule has 0 fully saturated rings. The van der Waals surface area contributed by atoms with Crippen LogP contribution in [-0.2, 0) is 9.59 Å². The molecule has 0 radical (unpaired) electrons. The molecule has 5 N–H and O–H groups in total. The largest absolute Gasteiger partial charge is 0.480 e. The number of nitrogens with one attached hydrogen (secondary N) is 2. The number of hydrogen-bond donors (Lipinski definition) is 4. The maximum absolute atomic E-state index is 11.2. The third-order valence-electron chi connectivity index (χ3n) is 1.48. The molecule has 0 bridgehead atoms. The number of nitrogens with two attached hydrogens (primary N) is 1. The fraction of sp³-hybridized carbons (Fsp3) is 0.778. The zero-order valence-electron chi connectivity index (χ0n) is 9.33. The average molecular weight is 217 g/mol. The first-order valence-electron chi connectivity index (χ1n) is 4.72. The number of carbonyl (C=O) groups excluding carboxylic acids is 1. The number of amides is 1. The fourth-order valence-corrected chi connectivity index (χ4v) is 0.891. The van der Waals surface area contributed by atoms with Crippen molar-refractivity contribution in [3.05, 3.63) is 0 Å². The molecule has 0 aliphatic heterocycles. The van der Waals surface area contributed by atoms with Crippen LogP contribution in [0.4, 0.5) is 0 Å². The fourth-order valence-electron chi connectivity index (χ4n) is 0.891. The van der Waals surface area contributed by atoms with Gasteiger partial charge >= 0.3 is 5.97 Å². The average Bonchev–Trinajstić information content (AvgIpc) is 2.00. The Bertz CT molecular complexity index is 235. The Morgan fingerprint density at radius 2 is 1.93 bits per heavy atom. The Balaban J connectivity index is 3.69. The van der Waals surface area contributed by atoms with E-state index in [0.717, 1.165) is 0 Å². The van der Waals surface area contributed by atoms with Crippen molar-refractivity contribution < 1.29 is 14.7 Å². The van der Waals surface area contributed by atoms with E-state index in [1.54, 1.807) is 0 Å². The molecule has 0 spiro atoms. The number of carboxylic acid groups (broad SMARTS) is 1. The number of carbonyl (C=O) groups is 2. The van der Waals surface area contributed by atoms with Crippen molar-refractivity contribution in [3.63, 3.8) is 0 Å². The molecule has 0 saturated carbocycles. The molecule has 1 unspecified atom stereocenters. The molecular weight excluding hydrogens is 198 g/mol. The molecular formula is C9H19N3O3. The van der Waals surface area contributed by atoms with Crippen LogP contribution in [0, 0.1) is 0 Å². The highest BCUT2D eigenvalue weighted by Gasteiger charge is 2.14. The second-order valence-corrected chi connectivity index (χ2v) is 4.37. The highest BCUT2D eigenvalue weighted by atomic mass is 16.4. The minimum Gasteiger partial charge on any atom is -0.480 e. The zero-order valence-corrected chi connectivity index (χ0v) is 9.33. The van der Waals surface area contributed by atoms with Gasteiger partial charge in [0.15, 0.2) is 0 Å². The summed E-state index contributed by atoms with van der Waals surface area (Å²) in [6.45, 7) is 5.75. The van der Waals surface area contributed by atoms with Crippen molar-refractivity contribution in [1.82, 2.24) is 10.6 Å². The van der Waals surface area contributed by atoms with E-state index in [1.165, 1.54) is 0 Å². The normalized spacial score (nSPS) is 13.3. The Hall–Kier alpha value is -1.14. The molecule has 1 atom stereocenters. The van der Waals surface area contributed by atoms with E-state index >= 15 is 0 Å². The van der Waals surface area contributed by atoms with Crippen LogP contribution in [0.25, 0.3) is 0 Å². The molecule has 0 aliphatic rings. The summed E-state index contributed by atoms with van der Waals surface area (Å²) in [5.41, 5.74) is 4.95. The minimum absolute atomic E-state index is 0.0677. The number of rotatable bonds is 5. The van der Waals surface area contributed by atoms with Crippen LogP contribution in [0.3, 0.4) is 0 Å². The lowest BCUT2D eigenvalue weighted by atomic mass is 10.1. The Morgan fingerprint density at radius 3 is 2.33 bits per heavy atom. The van der Waals surface area contributed by atoms with Crippen LogP contribution < -0.4 is 16.4 Å². The van der Waals surface area contributed by atoms with Gasteiger partial charge < -0.3 is 21.5 Å². The molecule has 0 heterocycles. The Morgan fingerprint density at radius 1 is 1.40 bits per heavy atom. The van der Waals surface area contributed by atoms with Crippen LogP contribution in [0.5, 0.6) is 0 Å². The van der Waals surface area contributed by atoms with Crippen molar-refractivity contribution in [2.24, 2.45) is 5.73 Å². The van der Waals surface area contributed by atoms with Gasteiger partial charge in [0.1, 0.15) is 6.04 Å². The maximum Gasteiger partial charge on any atom is 0.321 e. The van der Waals surface area contributed by atoms with Gasteiger partial charge in [-0.15, -0.1) is 0 Å². The summed E-state index contributed by atoms with van der Waals surface area (Å²) in [4.78, 5) is 21.6. The van der Waals surface area contributed by atoms with Crippen molar-refractivity contribution in [2.75, 3.05) is 13.1 Å². The van der Waals surface area contributed by atoms with Crippen molar-refractivity contribution >= 4 is 11.9 Å². The predicted octanol–water partition coefficient (Wildman–Crippen LogP) is -1.10. The number of aliphatic carboxylic acids is 1. The summed E-state index contributed by atoms with van der Waals surface area (Å²) < 4.78 is 0. The van der Waals surface area contributed by atoms with Crippen LogP contribution >= 0.6 is 0 Å². The summed E-state index contributed by atoms with van der Waals surface area (Å²) in [5, 5.41) is 13.9. The first kappa shape index (κ1) is 13.9. The molecule has 0 rings (SSSR count). The summed E-state index contributed by atoms with van der Waals surface area (Å²) in [6.07, 6.45) is 0. The summed E-state index contributed by atoms with van der Waals surface area (Å²) >= 11 is 0. The SMILES string of the molecule is CC(C)(C)NC(=O)CNCC(N)C(=O)O. The molecule has 6 heteroatoms. The van der Waals surface area contributed by atoms with Crippen LogP contribution in [0.15, 0.2) is 0 Å². The monoisotopic (exact) mass is 217 g/mol. The van der Waals surface area contributed by atoms with Gasteiger partial charge in [-0.25, -0.2) is 0 Å². The molecule has 0 aliphatic carbocycles. The summed E-state index contributed by atoms with van der Waals surface area (Å²) in [6, 6.07) is -0.979. The van der Waals surface area contributed by atoms with E-state index in [1.807, 2.05) is 20.8 Å². The van der Waals surface area contributed by atoms with Gasteiger partial charge in [0.05, 0.1) is 6.54 Å². The highest BCUT2D eigenvalue weighted by molar-refractivity contribution is 5.79. The van der Waals surface area contributed by atoms with Crippen molar-refractivity contribution in [2.45, 2.75) is 32.4 Å². The molecule has 88 valence electrons. The molecule has 15 heavy (non-hydrogen) atoms. The van der Waals surface area contributed by atoms with Crippen LogP contribution in [0.1, 0.15) is 20.8 Å². The molecule has 0 aromatic carbocycles. The topological polar surface area (TPSA) is 104 Å². The van der Waals surface area contributed by atoms with Crippen LogP contribution in [0.2, 0.25) is 0 Å². The second-order valence-electron chi connectivity index (χ2n) is 4.37. The van der Waals surface area contributed by atoms with Gasteiger partial charge in [0, 0.05) is 12.1 Å². The quantitative estimate of drug-likeness (QED) is 0.468. The second kappa shape index (κ2) is 5.67. The van der Waals surface area contributed by atoms with Crippen molar-refractivity contribution in [3.8, 4) is 0 Å². The van der Waals surface area contributed by atoms with Gasteiger partial charge in [-0.2, -0.15) is 0 Å². The Kier molecular flexibility index (Phi) is 5.24. The number of hydrogen-bond acceptors (Lipinski definition) is 4. The lowest BCUT2D eigenvalue weighted by Crippen LogP contribution is -2.47. The minimum atomic E-state index is -1.08. The standard InChI is InChI=1S/C9H19N3O3/c1-9(2,3)12-7(13)5-11-4-6(10)8(14)15/h6,11H,4-5,10H2,1-3H3,(H,12,13)(H,14,15). The lowest BCUT2D eigenvalue weighted by Gasteiger charge is -2.20. The van der Waals surface area contributed by atoms with E-state index < -0.39 is 12.0 Å². The molecule has 1 amide bonds. The van der Waals surface area contributed by atoms with Crippen LogP contribution in [-0.4, -0.2) is 41.7 Å². The van der Waals surface area contributed by atoms with E-state index in [-0.39, 0.29) is 24.5 Å². The third kappa shape index (κ3) is 7.90. The van der Waals surface area contributed by atoms with E-state index in [9.17, 15) is 9.59 Å². The van der Waals surface area contributed by atoms with E-state index in [0.29, 0.717) is 0 Å². The first-order chi connectivity index (χ1) is 6.72. The van der Waals surface area contributed by atoms with Gasteiger partial charge in [-0.1, -0.05) is 0 Å². The van der Waals surface area contributed by atoms with E-state index in [2.05, 4.69) is 10.6 Å². The Labute approximate surface area is 89.2 Å². The highest BCUT2D eigenvalue weighted by Crippen LogP contribution is 1.96. The molecule has 0 saturated heterocycles. The molecule has 0 aromatic rings.